The van der Waals surface area contributed by atoms with E-state index in [-0.39, 0.29) is 0 Å². The number of methoxy groups -OCH3 is 1. The van der Waals surface area contributed by atoms with E-state index in [9.17, 15) is 0 Å². The lowest BCUT2D eigenvalue weighted by Gasteiger charge is -2.05. The Hall–Kier alpha value is -2.07. The normalized spacial score (nSPS) is 10.8. The van der Waals surface area contributed by atoms with Gasteiger partial charge < -0.3 is 4.74 Å². The highest BCUT2D eigenvalue weighted by atomic mass is 35.5. The monoisotopic (exact) mass is 273 g/mol. The molecule has 0 saturated carbocycles. The van der Waals surface area contributed by atoms with Crippen LogP contribution in [0, 0.1) is 0 Å². The Morgan fingerprint density at radius 2 is 2.00 bits per heavy atom. The molecule has 0 bridgehead atoms. The van der Waals surface area contributed by atoms with Crippen LogP contribution in [0.2, 0.25) is 5.15 Å². The largest absolute Gasteiger partial charge is 0.497 e. The number of nitrogens with zero attached hydrogens (tertiary/aromatic N) is 3. The van der Waals surface area contributed by atoms with Crippen LogP contribution in [-0.4, -0.2) is 21.9 Å². The average Bonchev–Trinajstić information content (AvgIpc) is 2.82. The fraction of sp³-hybridized carbons (Fsp3) is 0.143. The van der Waals surface area contributed by atoms with Gasteiger partial charge in [0.2, 0.25) is 0 Å². The SMILES string of the molecule is COc1ccc(Cn2ncc3cc(Cl)ncc32)cc1. The number of hydrogen-bond donors (Lipinski definition) is 0. The first-order valence-electron chi connectivity index (χ1n) is 5.86. The molecular weight excluding hydrogens is 262 g/mol. The van der Waals surface area contributed by atoms with Gasteiger partial charge in [-0.2, -0.15) is 5.10 Å². The molecule has 3 rings (SSSR count). The molecule has 0 saturated heterocycles. The van der Waals surface area contributed by atoms with E-state index in [2.05, 4.69) is 10.1 Å². The van der Waals surface area contributed by atoms with Gasteiger partial charge in [0, 0.05) is 5.39 Å². The molecule has 0 aliphatic heterocycles. The predicted octanol–water partition coefficient (Wildman–Crippen LogP) is 3.14. The van der Waals surface area contributed by atoms with Gasteiger partial charge in [-0.15, -0.1) is 0 Å². The maximum Gasteiger partial charge on any atom is 0.129 e. The Kier molecular flexibility index (Phi) is 3.09. The molecular formula is C14H12ClN3O. The van der Waals surface area contributed by atoms with Gasteiger partial charge in [0.15, 0.2) is 0 Å². The summed E-state index contributed by atoms with van der Waals surface area (Å²) in [6.45, 7) is 0.691. The zero-order chi connectivity index (χ0) is 13.2. The van der Waals surface area contributed by atoms with Gasteiger partial charge in [-0.3, -0.25) is 4.68 Å². The number of ether oxygens (including phenoxy) is 1. The highest BCUT2D eigenvalue weighted by Crippen LogP contribution is 2.18. The Bertz CT molecular complexity index is 706. The van der Waals surface area contributed by atoms with Gasteiger partial charge in [0.25, 0.3) is 0 Å². The summed E-state index contributed by atoms with van der Waals surface area (Å²) in [5, 5.41) is 5.84. The predicted molar refractivity (Wildman–Crippen MR) is 74.6 cm³/mol. The minimum Gasteiger partial charge on any atom is -0.497 e. The Balaban J connectivity index is 1.92. The minimum atomic E-state index is 0.483. The van der Waals surface area contributed by atoms with Crippen LogP contribution in [0.25, 0.3) is 10.9 Å². The Morgan fingerprint density at radius 3 is 2.74 bits per heavy atom. The third-order valence-corrected chi connectivity index (χ3v) is 3.19. The summed E-state index contributed by atoms with van der Waals surface area (Å²) < 4.78 is 7.04. The summed E-state index contributed by atoms with van der Waals surface area (Å²) in [6.07, 6.45) is 3.54. The molecule has 0 spiro atoms. The van der Waals surface area contributed by atoms with E-state index in [1.54, 1.807) is 19.5 Å². The van der Waals surface area contributed by atoms with Crippen molar-refractivity contribution < 1.29 is 4.74 Å². The van der Waals surface area contributed by atoms with Crippen molar-refractivity contribution in [3.8, 4) is 5.75 Å². The van der Waals surface area contributed by atoms with Crippen molar-refractivity contribution in [1.82, 2.24) is 14.8 Å². The van der Waals surface area contributed by atoms with Crippen molar-refractivity contribution in [2.75, 3.05) is 7.11 Å². The maximum atomic E-state index is 5.86. The maximum absolute atomic E-state index is 5.86. The third-order valence-electron chi connectivity index (χ3n) is 2.99. The molecule has 96 valence electrons. The molecule has 19 heavy (non-hydrogen) atoms. The van der Waals surface area contributed by atoms with Crippen molar-refractivity contribution in [1.29, 1.82) is 0 Å². The van der Waals surface area contributed by atoms with Crippen molar-refractivity contribution in [3.05, 3.63) is 53.4 Å². The van der Waals surface area contributed by atoms with Crippen molar-refractivity contribution in [2.45, 2.75) is 6.54 Å². The summed E-state index contributed by atoms with van der Waals surface area (Å²) in [5.41, 5.74) is 2.13. The molecule has 4 nitrogen and oxygen atoms in total. The molecule has 0 unspecified atom stereocenters. The number of pyridine rings is 1. The number of hydrogen-bond acceptors (Lipinski definition) is 3. The Labute approximate surface area is 115 Å². The molecule has 2 heterocycles. The van der Waals surface area contributed by atoms with E-state index < -0.39 is 0 Å². The van der Waals surface area contributed by atoms with Crippen LogP contribution in [0.15, 0.2) is 42.7 Å². The third kappa shape index (κ3) is 2.39. The molecule has 3 aromatic rings. The van der Waals surface area contributed by atoms with Crippen molar-refractivity contribution in [3.63, 3.8) is 0 Å². The standard InChI is InChI=1S/C14H12ClN3O/c1-19-12-4-2-10(3-5-12)9-18-13-8-16-14(15)6-11(13)7-17-18/h2-8H,9H2,1H3. The van der Waals surface area contributed by atoms with Gasteiger partial charge in [-0.25, -0.2) is 4.98 Å². The second-order valence-corrected chi connectivity index (χ2v) is 4.60. The van der Waals surface area contributed by atoms with Crippen LogP contribution in [0.5, 0.6) is 5.75 Å². The molecule has 0 fully saturated rings. The molecule has 0 radical (unpaired) electrons. The van der Waals surface area contributed by atoms with Crippen LogP contribution in [0.1, 0.15) is 5.56 Å². The molecule has 0 atom stereocenters. The van der Waals surface area contributed by atoms with E-state index in [1.807, 2.05) is 35.0 Å². The Morgan fingerprint density at radius 1 is 1.21 bits per heavy atom. The lowest BCUT2D eigenvalue weighted by atomic mass is 10.2. The fourth-order valence-electron chi connectivity index (χ4n) is 1.98. The number of aromatic nitrogens is 3. The minimum absolute atomic E-state index is 0.483. The van der Waals surface area contributed by atoms with Crippen molar-refractivity contribution >= 4 is 22.5 Å². The van der Waals surface area contributed by atoms with E-state index >= 15 is 0 Å². The van der Waals surface area contributed by atoms with E-state index in [0.717, 1.165) is 22.2 Å². The number of rotatable bonds is 3. The van der Waals surface area contributed by atoms with E-state index in [4.69, 9.17) is 16.3 Å². The quantitative estimate of drug-likeness (QED) is 0.688. The zero-order valence-electron chi connectivity index (χ0n) is 10.4. The lowest BCUT2D eigenvalue weighted by Crippen LogP contribution is -2.01. The van der Waals surface area contributed by atoms with Gasteiger partial charge in [0.1, 0.15) is 10.9 Å². The molecule has 1 aromatic carbocycles. The summed E-state index contributed by atoms with van der Waals surface area (Å²) in [5.74, 6) is 0.850. The molecule has 2 aromatic heterocycles. The van der Waals surface area contributed by atoms with Crippen LogP contribution in [0.4, 0.5) is 0 Å². The number of benzene rings is 1. The number of halogens is 1. The molecule has 0 aliphatic rings. The second-order valence-electron chi connectivity index (χ2n) is 4.22. The highest BCUT2D eigenvalue weighted by Gasteiger charge is 2.05. The van der Waals surface area contributed by atoms with Gasteiger partial charge in [-0.1, -0.05) is 23.7 Å². The van der Waals surface area contributed by atoms with Crippen LogP contribution in [0.3, 0.4) is 0 Å². The summed E-state index contributed by atoms with van der Waals surface area (Å²) in [7, 11) is 1.66. The van der Waals surface area contributed by atoms with Crippen molar-refractivity contribution in [2.24, 2.45) is 0 Å². The smallest absolute Gasteiger partial charge is 0.129 e. The van der Waals surface area contributed by atoms with Crippen LogP contribution >= 0.6 is 11.6 Å². The highest BCUT2D eigenvalue weighted by molar-refractivity contribution is 6.30. The second kappa shape index (κ2) is 4.90. The zero-order valence-corrected chi connectivity index (χ0v) is 11.1. The fourth-order valence-corrected chi connectivity index (χ4v) is 2.15. The van der Waals surface area contributed by atoms with Crippen LogP contribution < -0.4 is 4.74 Å². The summed E-state index contributed by atoms with van der Waals surface area (Å²) in [4.78, 5) is 4.09. The van der Waals surface area contributed by atoms with E-state index in [0.29, 0.717) is 11.7 Å². The van der Waals surface area contributed by atoms with E-state index in [1.165, 1.54) is 0 Å². The molecule has 0 amide bonds. The molecule has 0 aliphatic carbocycles. The number of fused-ring (bicyclic) bond motifs is 1. The van der Waals surface area contributed by atoms with Gasteiger partial charge in [0.05, 0.1) is 31.6 Å². The summed E-state index contributed by atoms with van der Waals surface area (Å²) in [6, 6.07) is 9.74. The first-order chi connectivity index (χ1) is 9.26. The summed E-state index contributed by atoms with van der Waals surface area (Å²) >= 11 is 5.86. The van der Waals surface area contributed by atoms with Crippen LogP contribution in [-0.2, 0) is 6.54 Å². The van der Waals surface area contributed by atoms with Gasteiger partial charge >= 0.3 is 0 Å². The first-order valence-corrected chi connectivity index (χ1v) is 6.24. The topological polar surface area (TPSA) is 39.9 Å². The van der Waals surface area contributed by atoms with Gasteiger partial charge in [-0.05, 0) is 23.8 Å². The molecule has 5 heteroatoms. The first kappa shape index (κ1) is 12.0. The molecule has 0 N–H and O–H groups in total. The average molecular weight is 274 g/mol. The lowest BCUT2D eigenvalue weighted by molar-refractivity contribution is 0.414.